The number of aromatic amines is 8. The highest BCUT2D eigenvalue weighted by Gasteiger charge is 1.98. The zero-order valence-electron chi connectivity index (χ0n) is 40.8. The van der Waals surface area contributed by atoms with E-state index in [4.69, 9.17) is 131 Å². The lowest BCUT2D eigenvalue weighted by molar-refractivity contribution is -2.00. The van der Waals surface area contributed by atoms with Crippen LogP contribution in [0, 0.1) is 41.0 Å². The van der Waals surface area contributed by atoms with Crippen LogP contribution >= 0.6 is 0 Å². The van der Waals surface area contributed by atoms with Crippen LogP contribution < -0.4 is 94.5 Å². The third-order valence-corrected chi connectivity index (χ3v) is 6.23. The first-order valence-corrected chi connectivity index (χ1v) is 26.3. The summed E-state index contributed by atoms with van der Waals surface area (Å²) in [5.74, 6) is 0. The molecule has 2 saturated heterocycles. The van der Waals surface area contributed by atoms with Crippen LogP contribution in [0.4, 0.5) is 0 Å². The van der Waals surface area contributed by atoms with Gasteiger partial charge in [-0.25, -0.2) is 74.5 Å². The Bertz CT molecular complexity index is 1090. The zero-order valence-corrected chi connectivity index (χ0v) is 43.9. The quantitative estimate of drug-likeness (QED) is 0.127. The lowest BCUT2D eigenvalue weighted by atomic mass is 10.6. The van der Waals surface area contributed by atoms with Crippen LogP contribution in [0.3, 0.4) is 0 Å². The second-order valence-corrected chi connectivity index (χ2v) is 15.1. The van der Waals surface area contributed by atoms with Gasteiger partial charge in [0.2, 0.25) is 25.3 Å². The van der Waals surface area contributed by atoms with Crippen LogP contribution in [-0.2, 0) is 56.8 Å². The van der Waals surface area contributed by atoms with Gasteiger partial charge in [-0.15, -0.1) is 41.0 Å². The van der Waals surface area contributed by atoms with Crippen molar-refractivity contribution in [1.82, 2.24) is 19.9 Å². The van der Waals surface area contributed by atoms with Crippen molar-refractivity contribution < 1.29 is 192 Å². The van der Waals surface area contributed by atoms with Gasteiger partial charge in [0.1, 0.15) is 49.6 Å². The van der Waals surface area contributed by atoms with E-state index < -0.39 is 41.0 Å². The molecule has 8 N–H and O–H groups in total. The Balaban J connectivity index is -0.000000406. The number of halogens is 4. The molecule has 6 heterocycles. The molecule has 40 heteroatoms. The van der Waals surface area contributed by atoms with Gasteiger partial charge >= 0.3 is 0 Å². The molecule has 2 fully saturated rings. The van der Waals surface area contributed by atoms with Crippen molar-refractivity contribution in [2.45, 2.75) is 0 Å². The van der Waals surface area contributed by atoms with Crippen LogP contribution in [0.25, 0.3) is 0 Å². The van der Waals surface area contributed by atoms with Crippen LogP contribution in [0.5, 0.6) is 0 Å². The standard InChI is InChI=1S/2C12H24O6.4C3H4N2.4ClHO4/c2*1-2-14-5-6-16-9-10-18-12-11-17-8-7-15-4-3-13-1;4*1-2-5-3-4-1;4*2-1(3,4)5/h2*1-12H2;4*1-3H,(H,4,5);4*(H,2,3,4,5). The minimum absolute atomic E-state index is 0.586. The summed E-state index contributed by atoms with van der Waals surface area (Å²) >= 11 is 0. The van der Waals surface area contributed by atoms with Gasteiger partial charge in [0.15, 0.2) is 0 Å². The molecular weight excluding hydrogens is 1130 g/mol. The van der Waals surface area contributed by atoms with E-state index in [0.29, 0.717) is 159 Å². The first-order valence-electron chi connectivity index (χ1n) is 21.3. The highest BCUT2D eigenvalue weighted by atomic mass is 35.7. The maximum atomic E-state index is 8.49. The fraction of sp³-hybridized carbons (Fsp3) is 0.667. The average molecular weight is 1200 g/mol. The molecule has 0 spiro atoms. The van der Waals surface area contributed by atoms with Gasteiger partial charge in [-0.2, -0.15) is 0 Å². The van der Waals surface area contributed by atoms with Gasteiger partial charge in [0.05, 0.1) is 159 Å². The van der Waals surface area contributed by atoms with E-state index in [2.05, 4.69) is 39.9 Å². The molecule has 76 heavy (non-hydrogen) atoms. The van der Waals surface area contributed by atoms with E-state index in [1.54, 1.807) is 25.3 Å². The predicted molar refractivity (Wildman–Crippen MR) is 199 cm³/mol. The van der Waals surface area contributed by atoms with Crippen molar-refractivity contribution in [3.8, 4) is 0 Å². The van der Waals surface area contributed by atoms with E-state index in [-0.39, 0.29) is 0 Å². The smallest absolute Gasteiger partial charge is 0.239 e. The Kier molecular flexibility index (Phi) is 63.8. The first-order chi connectivity index (χ1) is 36.0. The summed E-state index contributed by atoms with van der Waals surface area (Å²) in [6.07, 6.45) is 21.6. The molecule has 6 rings (SSSR count). The number of rotatable bonds is 0. The second-order valence-electron chi connectivity index (χ2n) is 12.1. The molecule has 0 saturated carbocycles. The molecule has 0 aromatic carbocycles. The van der Waals surface area contributed by atoms with Crippen molar-refractivity contribution in [2.24, 2.45) is 0 Å². The highest BCUT2D eigenvalue weighted by Crippen LogP contribution is 1.88. The van der Waals surface area contributed by atoms with E-state index in [1.165, 1.54) is 0 Å². The second kappa shape index (κ2) is 61.1. The molecule has 448 valence electrons. The molecule has 0 amide bonds. The summed E-state index contributed by atoms with van der Waals surface area (Å²) in [4.78, 5) is 22.4. The molecule has 2 aliphatic rings. The topological polar surface area (TPSA) is 599 Å². The molecule has 0 aliphatic carbocycles. The number of imidazole rings is 4. The molecule has 4 aromatic heterocycles. The van der Waals surface area contributed by atoms with Crippen LogP contribution in [0.15, 0.2) is 74.9 Å². The lowest BCUT2D eigenvalue weighted by Gasteiger charge is -2.17. The predicted octanol–water partition coefficient (Wildman–Crippen LogP) is -19.5. The fourth-order valence-corrected chi connectivity index (χ4v) is 3.60. The molecule has 0 radical (unpaired) electrons. The van der Waals surface area contributed by atoms with Gasteiger partial charge < -0.3 is 56.8 Å². The van der Waals surface area contributed by atoms with Crippen molar-refractivity contribution in [3.63, 3.8) is 0 Å². The maximum Gasteiger partial charge on any atom is 0.239 e. The van der Waals surface area contributed by atoms with Crippen LogP contribution in [0.2, 0.25) is 0 Å². The SMILES string of the molecule is C1COCCOCCOCCOCCOCCO1.C1COCCOCCOCCOCCOCCO1.[O-][Cl+3]([O-])([O-])[O-].[O-][Cl+3]([O-])([O-])[O-].[O-][Cl+3]([O-])([O-])[O-].[O-][Cl+3]([O-])([O-])[O-].c1c[nH+]c[nH]1.c1c[nH+]c[nH]1.c1c[nH+]c[nH]1.c1c[nH+]c[nH]1. The van der Waals surface area contributed by atoms with Gasteiger partial charge in [0.25, 0.3) is 0 Å². The monoisotopic (exact) mass is 1200 g/mol. The minimum atomic E-state index is -4.94. The normalized spacial score (nSPS) is 16.6. The summed E-state index contributed by atoms with van der Waals surface area (Å²) in [5, 5.41) is 0. The summed E-state index contributed by atoms with van der Waals surface area (Å²) < 4.78 is 200. The lowest BCUT2D eigenvalue weighted by Crippen LogP contribution is -2.68. The Morgan fingerprint density at radius 3 is 0.342 bits per heavy atom. The first kappa shape index (κ1) is 79.4. The number of hydrogen-bond donors (Lipinski definition) is 4. The van der Waals surface area contributed by atoms with Crippen molar-refractivity contribution >= 4 is 0 Å². The molecule has 0 bridgehead atoms. The summed E-state index contributed by atoms with van der Waals surface area (Å²) in [6, 6.07) is 0. The van der Waals surface area contributed by atoms with Crippen molar-refractivity contribution in [2.75, 3.05) is 159 Å². The van der Waals surface area contributed by atoms with E-state index >= 15 is 0 Å². The number of ether oxygens (including phenoxy) is 12. The van der Waals surface area contributed by atoms with Crippen LogP contribution in [0.1, 0.15) is 0 Å². The molecule has 0 unspecified atom stereocenters. The Morgan fingerprint density at radius 2 is 0.303 bits per heavy atom. The third-order valence-electron chi connectivity index (χ3n) is 6.23. The Morgan fingerprint density at radius 1 is 0.211 bits per heavy atom. The van der Waals surface area contributed by atoms with E-state index in [0.717, 1.165) is 0 Å². The minimum Gasteiger partial charge on any atom is -0.377 e. The van der Waals surface area contributed by atoms with E-state index in [9.17, 15) is 0 Å². The number of nitrogens with one attached hydrogen (secondary N) is 8. The number of H-pyrrole nitrogens is 8. The Hall–Kier alpha value is -3.12. The third kappa shape index (κ3) is 124. The maximum absolute atomic E-state index is 8.49. The molecule has 0 atom stereocenters. The largest absolute Gasteiger partial charge is 0.377 e. The van der Waals surface area contributed by atoms with Gasteiger partial charge in [-0.05, 0) is 0 Å². The van der Waals surface area contributed by atoms with Gasteiger partial charge in [-0.1, -0.05) is 0 Å². The van der Waals surface area contributed by atoms with Crippen LogP contribution in [-0.4, -0.2) is 179 Å². The number of hydrogen-bond acceptors (Lipinski definition) is 28. The fourth-order valence-electron chi connectivity index (χ4n) is 3.60. The molecular formula is C36H68Cl4N8O28. The molecule has 2 aliphatic heterocycles. The zero-order chi connectivity index (χ0) is 57.6. The molecule has 36 nitrogen and oxygen atoms in total. The average Bonchev–Trinajstić information content (AvgIpc) is 4.18. The van der Waals surface area contributed by atoms with Crippen molar-refractivity contribution in [1.29, 1.82) is 0 Å². The van der Waals surface area contributed by atoms with Crippen molar-refractivity contribution in [3.05, 3.63) is 74.9 Å². The molecule has 4 aromatic rings. The van der Waals surface area contributed by atoms with E-state index in [1.807, 2.05) is 49.6 Å². The summed E-state index contributed by atoms with van der Waals surface area (Å²) in [6.45, 7) is 14.1. The summed E-state index contributed by atoms with van der Waals surface area (Å²) in [7, 11) is -19.8. The van der Waals surface area contributed by atoms with Gasteiger partial charge in [-0.3, -0.25) is 39.9 Å². The highest BCUT2D eigenvalue weighted by molar-refractivity contribution is 4.54. The van der Waals surface area contributed by atoms with Gasteiger partial charge in [0, 0.05) is 0 Å². The summed E-state index contributed by atoms with van der Waals surface area (Å²) in [5.41, 5.74) is 0. The number of aromatic nitrogens is 8. The Labute approximate surface area is 444 Å².